The molecule has 0 aromatic carbocycles. The minimum Gasteiger partial charge on any atom is -0.480 e. The van der Waals surface area contributed by atoms with Crippen LogP contribution in [0, 0.1) is 0 Å². The van der Waals surface area contributed by atoms with Crippen LogP contribution in [0.25, 0.3) is 0 Å². The second-order valence-electron chi connectivity index (χ2n) is 10.3. The molecule has 0 saturated carbocycles. The molecule has 2 aromatic rings. The Labute approximate surface area is 224 Å². The molecule has 9 heteroatoms. The molecule has 2 aliphatic rings. The molecular formula is C29H39N5O4. The lowest BCUT2D eigenvalue weighted by atomic mass is 10.0. The van der Waals surface area contributed by atoms with Gasteiger partial charge in [0.05, 0.1) is 6.42 Å². The van der Waals surface area contributed by atoms with E-state index >= 15 is 0 Å². The van der Waals surface area contributed by atoms with E-state index in [1.165, 1.54) is 5.56 Å². The number of amides is 2. The molecule has 38 heavy (non-hydrogen) atoms. The molecule has 1 fully saturated rings. The van der Waals surface area contributed by atoms with Gasteiger partial charge in [0, 0.05) is 31.2 Å². The fourth-order valence-corrected chi connectivity index (χ4v) is 5.33. The molecule has 2 amide bonds. The summed E-state index contributed by atoms with van der Waals surface area (Å²) in [6.07, 6.45) is 13.1. The van der Waals surface area contributed by atoms with Gasteiger partial charge in [-0.05, 0) is 74.3 Å². The van der Waals surface area contributed by atoms with Crippen molar-refractivity contribution in [3.8, 4) is 0 Å². The average Bonchev–Trinajstić information content (AvgIpc) is 3.43. The SMILES string of the molecule is O=C(O)[C@H](CCCCCCCc1ccc2c(n1)NCCC2)NC(=O)[C@@H]1CCCN1C(=O)Cc1ccncc1. The van der Waals surface area contributed by atoms with Gasteiger partial charge >= 0.3 is 5.97 Å². The Kier molecular flexibility index (Phi) is 10.1. The monoisotopic (exact) mass is 521 g/mol. The van der Waals surface area contributed by atoms with Gasteiger partial charge in [-0.3, -0.25) is 14.6 Å². The van der Waals surface area contributed by atoms with E-state index in [4.69, 9.17) is 4.98 Å². The third-order valence-corrected chi connectivity index (χ3v) is 7.47. The predicted molar refractivity (Wildman–Crippen MR) is 145 cm³/mol. The van der Waals surface area contributed by atoms with Crippen molar-refractivity contribution in [1.29, 1.82) is 0 Å². The maximum atomic E-state index is 12.9. The van der Waals surface area contributed by atoms with Crippen molar-refractivity contribution >= 4 is 23.6 Å². The van der Waals surface area contributed by atoms with Crippen molar-refractivity contribution < 1.29 is 19.5 Å². The number of unbranched alkanes of at least 4 members (excludes halogenated alkanes) is 4. The molecule has 4 rings (SSSR count). The number of carboxylic acid groups (broad SMARTS) is 1. The summed E-state index contributed by atoms with van der Waals surface area (Å²) < 4.78 is 0. The number of fused-ring (bicyclic) bond motifs is 1. The maximum Gasteiger partial charge on any atom is 0.326 e. The van der Waals surface area contributed by atoms with Gasteiger partial charge in [-0.25, -0.2) is 9.78 Å². The van der Waals surface area contributed by atoms with E-state index in [1.807, 2.05) is 0 Å². The Hall–Kier alpha value is -3.49. The fraction of sp³-hybridized carbons (Fsp3) is 0.552. The molecule has 2 atom stereocenters. The minimum absolute atomic E-state index is 0.123. The molecule has 0 aliphatic carbocycles. The quantitative estimate of drug-likeness (QED) is 0.345. The zero-order valence-corrected chi connectivity index (χ0v) is 22.0. The van der Waals surface area contributed by atoms with Crippen LogP contribution in [0.2, 0.25) is 0 Å². The third kappa shape index (κ3) is 7.76. The number of carbonyl (C=O) groups is 3. The standard InChI is InChI=1S/C29H39N5O4/c35-26(20-21-14-17-30-18-15-21)34-19-7-11-25(34)28(36)33-24(29(37)38)10-5-3-1-2-4-9-23-13-12-22-8-6-16-31-27(22)32-23/h12-15,17-18,24-25H,1-11,16,19-20H2,(H,31,32)(H,33,36)(H,37,38)/t24-,25-/m0/s1. The normalized spacial score (nSPS) is 17.4. The molecule has 4 heterocycles. The highest BCUT2D eigenvalue weighted by Crippen LogP contribution is 2.21. The number of aryl methyl sites for hydroxylation is 2. The largest absolute Gasteiger partial charge is 0.480 e. The number of rotatable bonds is 13. The van der Waals surface area contributed by atoms with Gasteiger partial charge in [-0.15, -0.1) is 0 Å². The predicted octanol–water partition coefficient (Wildman–Crippen LogP) is 3.52. The molecule has 204 valence electrons. The second-order valence-corrected chi connectivity index (χ2v) is 10.3. The summed E-state index contributed by atoms with van der Waals surface area (Å²) in [5.74, 6) is -0.486. The number of aliphatic carboxylic acids is 1. The van der Waals surface area contributed by atoms with Gasteiger partial charge in [0.1, 0.15) is 17.9 Å². The third-order valence-electron chi connectivity index (χ3n) is 7.47. The van der Waals surface area contributed by atoms with E-state index in [0.29, 0.717) is 19.4 Å². The first-order valence-corrected chi connectivity index (χ1v) is 14.0. The van der Waals surface area contributed by atoms with Crippen molar-refractivity contribution in [2.75, 3.05) is 18.4 Å². The van der Waals surface area contributed by atoms with Crippen LogP contribution in [0.4, 0.5) is 5.82 Å². The topological polar surface area (TPSA) is 125 Å². The first-order chi connectivity index (χ1) is 18.5. The van der Waals surface area contributed by atoms with Crippen LogP contribution >= 0.6 is 0 Å². The van der Waals surface area contributed by atoms with Gasteiger partial charge < -0.3 is 20.6 Å². The van der Waals surface area contributed by atoms with Crippen LogP contribution in [-0.2, 0) is 33.6 Å². The second kappa shape index (κ2) is 13.9. The number of hydrogen-bond acceptors (Lipinski definition) is 6. The van der Waals surface area contributed by atoms with E-state index < -0.39 is 18.1 Å². The van der Waals surface area contributed by atoms with E-state index in [1.54, 1.807) is 29.4 Å². The van der Waals surface area contributed by atoms with Crippen LogP contribution in [0.1, 0.15) is 74.6 Å². The zero-order chi connectivity index (χ0) is 26.7. The van der Waals surface area contributed by atoms with E-state index in [9.17, 15) is 19.5 Å². The molecule has 9 nitrogen and oxygen atoms in total. The molecule has 3 N–H and O–H groups in total. The van der Waals surface area contributed by atoms with Crippen LogP contribution in [-0.4, -0.2) is 62.9 Å². The number of aromatic nitrogens is 2. The first kappa shape index (κ1) is 27.5. The van der Waals surface area contributed by atoms with Gasteiger partial charge in [0.2, 0.25) is 11.8 Å². The number of nitrogens with one attached hydrogen (secondary N) is 2. The van der Waals surface area contributed by atoms with Gasteiger partial charge in [0.25, 0.3) is 0 Å². The Bertz CT molecular complexity index is 1090. The van der Waals surface area contributed by atoms with E-state index in [2.05, 4.69) is 27.8 Å². The van der Waals surface area contributed by atoms with E-state index in [-0.39, 0.29) is 18.2 Å². The number of likely N-dealkylation sites (tertiary alicyclic amines) is 1. The summed E-state index contributed by atoms with van der Waals surface area (Å²) in [5.41, 5.74) is 3.26. The Morgan fingerprint density at radius 3 is 2.66 bits per heavy atom. The smallest absolute Gasteiger partial charge is 0.326 e. The molecule has 2 aliphatic heterocycles. The molecule has 0 radical (unpaired) electrons. The zero-order valence-electron chi connectivity index (χ0n) is 22.0. The number of carbonyl (C=O) groups excluding carboxylic acids is 2. The highest BCUT2D eigenvalue weighted by Gasteiger charge is 2.35. The molecule has 0 unspecified atom stereocenters. The molecule has 0 spiro atoms. The van der Waals surface area contributed by atoms with Gasteiger partial charge in [-0.1, -0.05) is 31.7 Å². The number of hydrogen-bond donors (Lipinski definition) is 3. The lowest BCUT2D eigenvalue weighted by Gasteiger charge is -2.25. The van der Waals surface area contributed by atoms with Crippen LogP contribution < -0.4 is 10.6 Å². The van der Waals surface area contributed by atoms with Gasteiger partial charge in [0.15, 0.2) is 0 Å². The minimum atomic E-state index is -1.03. The summed E-state index contributed by atoms with van der Waals surface area (Å²) in [7, 11) is 0. The summed E-state index contributed by atoms with van der Waals surface area (Å²) in [5, 5.41) is 15.8. The molecular weight excluding hydrogens is 482 g/mol. The Balaban J connectivity index is 1.15. The number of nitrogens with zero attached hydrogens (tertiary/aromatic N) is 3. The Morgan fingerprint density at radius 1 is 1.05 bits per heavy atom. The van der Waals surface area contributed by atoms with E-state index in [0.717, 1.165) is 81.4 Å². The fourth-order valence-electron chi connectivity index (χ4n) is 5.33. The van der Waals surface area contributed by atoms with Crippen molar-refractivity contribution in [2.24, 2.45) is 0 Å². The van der Waals surface area contributed by atoms with Crippen molar-refractivity contribution in [1.82, 2.24) is 20.2 Å². The number of carboxylic acids is 1. The molecule has 2 aromatic heterocycles. The van der Waals surface area contributed by atoms with Crippen LogP contribution in [0.5, 0.6) is 0 Å². The summed E-state index contributed by atoms with van der Waals surface area (Å²) >= 11 is 0. The van der Waals surface area contributed by atoms with Crippen LogP contribution in [0.15, 0.2) is 36.7 Å². The van der Waals surface area contributed by atoms with Crippen molar-refractivity contribution in [2.45, 2.75) is 89.1 Å². The van der Waals surface area contributed by atoms with Crippen molar-refractivity contribution in [3.63, 3.8) is 0 Å². The maximum absolute atomic E-state index is 12.9. The highest BCUT2D eigenvalue weighted by molar-refractivity contribution is 5.91. The van der Waals surface area contributed by atoms with Crippen molar-refractivity contribution in [3.05, 3.63) is 53.5 Å². The first-order valence-electron chi connectivity index (χ1n) is 14.0. The highest BCUT2D eigenvalue weighted by atomic mass is 16.4. The molecule has 0 bridgehead atoms. The number of pyridine rings is 2. The lowest BCUT2D eigenvalue weighted by Crippen LogP contribution is -2.51. The van der Waals surface area contributed by atoms with Crippen LogP contribution in [0.3, 0.4) is 0 Å². The summed E-state index contributed by atoms with van der Waals surface area (Å²) in [6, 6.07) is 6.33. The lowest BCUT2D eigenvalue weighted by molar-refractivity contribution is -0.144. The number of anilines is 1. The average molecular weight is 522 g/mol. The Morgan fingerprint density at radius 2 is 1.84 bits per heavy atom. The van der Waals surface area contributed by atoms with Gasteiger partial charge in [-0.2, -0.15) is 0 Å². The molecule has 1 saturated heterocycles. The summed E-state index contributed by atoms with van der Waals surface area (Å²) in [6.45, 7) is 1.50. The summed E-state index contributed by atoms with van der Waals surface area (Å²) in [4.78, 5) is 47.9.